The number of halogens is 1. The van der Waals surface area contributed by atoms with Crippen molar-refractivity contribution in [3.63, 3.8) is 0 Å². The van der Waals surface area contributed by atoms with Gasteiger partial charge in [-0.15, -0.1) is 0 Å². The van der Waals surface area contributed by atoms with Crippen LogP contribution in [0, 0.1) is 13.8 Å². The highest BCUT2D eigenvalue weighted by molar-refractivity contribution is 9.10. The Morgan fingerprint density at radius 1 is 1.14 bits per heavy atom. The first-order valence-corrected chi connectivity index (χ1v) is 7.52. The lowest BCUT2D eigenvalue weighted by atomic mass is 10.1. The molecule has 5 nitrogen and oxygen atoms in total. The van der Waals surface area contributed by atoms with Crippen LogP contribution >= 0.6 is 15.9 Å². The highest BCUT2D eigenvalue weighted by atomic mass is 79.9. The number of nitrogens with one attached hydrogen (secondary N) is 2. The van der Waals surface area contributed by atoms with Gasteiger partial charge in [-0.1, -0.05) is 15.9 Å². The Morgan fingerprint density at radius 3 is 2.33 bits per heavy atom. The maximum absolute atomic E-state index is 5.45. The van der Waals surface area contributed by atoms with Crippen LogP contribution < -0.4 is 15.4 Å². The molecule has 0 aliphatic carbocycles. The molecule has 0 saturated carbocycles. The quantitative estimate of drug-likeness (QED) is 0.851. The molecule has 0 spiro atoms. The maximum Gasteiger partial charge on any atom is 0.204 e. The molecule has 2 aromatic rings. The van der Waals surface area contributed by atoms with Crippen LogP contribution in [0.25, 0.3) is 0 Å². The first kappa shape index (κ1) is 15.6. The molecule has 6 heteroatoms. The number of rotatable bonds is 5. The zero-order valence-electron chi connectivity index (χ0n) is 12.6. The largest absolute Gasteiger partial charge is 0.490 e. The molecule has 1 heterocycles. The van der Waals surface area contributed by atoms with Crippen molar-refractivity contribution in [2.24, 2.45) is 0 Å². The van der Waals surface area contributed by atoms with E-state index in [1.165, 1.54) is 6.33 Å². The Kier molecular flexibility index (Phi) is 5.01. The second-order valence-corrected chi connectivity index (χ2v) is 5.59. The number of hydrogen-bond acceptors (Lipinski definition) is 5. The molecule has 2 N–H and O–H groups in total. The van der Waals surface area contributed by atoms with E-state index in [2.05, 4.69) is 62.5 Å². The zero-order valence-corrected chi connectivity index (χ0v) is 14.2. The topological polar surface area (TPSA) is 59.1 Å². The summed E-state index contributed by atoms with van der Waals surface area (Å²) in [5.41, 5.74) is 3.29. The zero-order chi connectivity index (χ0) is 15.4. The molecule has 2 rings (SSSR count). The predicted octanol–water partition coefficient (Wildman–Crippen LogP) is 4.04. The van der Waals surface area contributed by atoms with Gasteiger partial charge in [0.2, 0.25) is 5.75 Å². The molecule has 0 amide bonds. The smallest absolute Gasteiger partial charge is 0.204 e. The number of hydrogen-bond donors (Lipinski definition) is 2. The van der Waals surface area contributed by atoms with E-state index in [9.17, 15) is 0 Å². The van der Waals surface area contributed by atoms with Crippen LogP contribution in [0.1, 0.15) is 18.1 Å². The molecule has 1 aromatic carbocycles. The van der Waals surface area contributed by atoms with Crippen LogP contribution in [0.15, 0.2) is 22.9 Å². The summed E-state index contributed by atoms with van der Waals surface area (Å²) < 4.78 is 6.51. The van der Waals surface area contributed by atoms with E-state index in [-0.39, 0.29) is 0 Å². The summed E-state index contributed by atoms with van der Waals surface area (Å²) in [5, 5.41) is 6.52. The molecule has 0 aliphatic heterocycles. The van der Waals surface area contributed by atoms with Gasteiger partial charge in [0.25, 0.3) is 0 Å². The Morgan fingerprint density at radius 2 is 1.76 bits per heavy atom. The highest BCUT2D eigenvalue weighted by Gasteiger charge is 2.14. The van der Waals surface area contributed by atoms with Crippen molar-refractivity contribution >= 4 is 33.3 Å². The summed E-state index contributed by atoms with van der Waals surface area (Å²) in [4.78, 5) is 8.50. The van der Waals surface area contributed by atoms with E-state index in [1.807, 2.05) is 6.92 Å². The van der Waals surface area contributed by atoms with E-state index in [0.29, 0.717) is 17.4 Å². The third-order valence-corrected chi connectivity index (χ3v) is 3.55. The Labute approximate surface area is 133 Å². The number of aryl methyl sites for hydroxylation is 2. The Balaban J connectivity index is 2.42. The molecule has 0 aliphatic rings. The van der Waals surface area contributed by atoms with E-state index >= 15 is 0 Å². The average Bonchev–Trinajstić information content (AvgIpc) is 2.43. The third-order valence-electron chi connectivity index (χ3n) is 3.09. The monoisotopic (exact) mass is 350 g/mol. The van der Waals surface area contributed by atoms with Crippen molar-refractivity contribution in [2.45, 2.75) is 20.8 Å². The molecule has 0 radical (unpaired) electrons. The van der Waals surface area contributed by atoms with Crippen molar-refractivity contribution in [2.75, 3.05) is 24.3 Å². The number of benzene rings is 1. The lowest BCUT2D eigenvalue weighted by molar-refractivity contribution is 0.415. The van der Waals surface area contributed by atoms with Gasteiger partial charge in [-0.25, -0.2) is 9.97 Å². The molecule has 0 atom stereocenters. The van der Waals surface area contributed by atoms with E-state index in [0.717, 1.165) is 27.8 Å². The second kappa shape index (κ2) is 6.76. The molecule has 0 unspecified atom stereocenters. The van der Waals surface area contributed by atoms with E-state index < -0.39 is 0 Å². The second-order valence-electron chi connectivity index (χ2n) is 4.67. The Bertz CT molecular complexity index is 623. The fraction of sp³-hybridized carbons (Fsp3) is 0.333. The summed E-state index contributed by atoms with van der Waals surface area (Å²) >= 11 is 3.50. The number of ether oxygens (including phenoxy) is 1. The summed E-state index contributed by atoms with van der Waals surface area (Å²) in [5.74, 6) is 1.95. The van der Waals surface area contributed by atoms with Crippen molar-refractivity contribution in [3.8, 4) is 5.75 Å². The van der Waals surface area contributed by atoms with Gasteiger partial charge in [-0.3, -0.25) is 0 Å². The van der Waals surface area contributed by atoms with Crippen molar-refractivity contribution < 1.29 is 4.74 Å². The van der Waals surface area contributed by atoms with Crippen molar-refractivity contribution in [1.29, 1.82) is 0 Å². The average molecular weight is 351 g/mol. The van der Waals surface area contributed by atoms with Crippen LogP contribution in [-0.4, -0.2) is 23.6 Å². The van der Waals surface area contributed by atoms with Gasteiger partial charge in [0, 0.05) is 16.7 Å². The van der Waals surface area contributed by atoms with Gasteiger partial charge in [-0.2, -0.15) is 0 Å². The summed E-state index contributed by atoms with van der Waals surface area (Å²) in [6, 6.07) is 4.13. The molecule has 0 saturated heterocycles. The van der Waals surface area contributed by atoms with Crippen molar-refractivity contribution in [1.82, 2.24) is 9.97 Å². The number of aromatic nitrogens is 2. The minimum Gasteiger partial charge on any atom is -0.490 e. The SMILES string of the molecule is CCNc1ncnc(Nc2c(C)cc(Br)cc2C)c1OC. The number of anilines is 3. The van der Waals surface area contributed by atoms with Gasteiger partial charge in [0.15, 0.2) is 11.6 Å². The predicted molar refractivity (Wildman–Crippen MR) is 89.6 cm³/mol. The first-order chi connectivity index (χ1) is 10.1. The minimum absolute atomic E-state index is 0.612. The maximum atomic E-state index is 5.45. The van der Waals surface area contributed by atoms with E-state index in [4.69, 9.17) is 4.74 Å². The fourth-order valence-electron chi connectivity index (χ4n) is 2.18. The number of nitrogens with zero attached hydrogens (tertiary/aromatic N) is 2. The van der Waals surface area contributed by atoms with E-state index in [1.54, 1.807) is 7.11 Å². The van der Waals surface area contributed by atoms with Gasteiger partial charge < -0.3 is 15.4 Å². The molecule has 21 heavy (non-hydrogen) atoms. The molecule has 0 bridgehead atoms. The van der Waals surface area contributed by atoms with Crippen molar-refractivity contribution in [3.05, 3.63) is 34.1 Å². The summed E-state index contributed by atoms with van der Waals surface area (Å²) in [6.07, 6.45) is 1.52. The minimum atomic E-state index is 0.612. The summed E-state index contributed by atoms with van der Waals surface area (Å²) in [7, 11) is 1.62. The lowest BCUT2D eigenvalue weighted by Crippen LogP contribution is -2.06. The molecule has 112 valence electrons. The fourth-order valence-corrected chi connectivity index (χ4v) is 2.86. The van der Waals surface area contributed by atoms with Crippen LogP contribution in [0.5, 0.6) is 5.75 Å². The van der Waals surface area contributed by atoms with Gasteiger partial charge in [-0.05, 0) is 44.0 Å². The third kappa shape index (κ3) is 3.44. The van der Waals surface area contributed by atoms with Gasteiger partial charge >= 0.3 is 0 Å². The molecule has 0 fully saturated rings. The standard InChI is InChI=1S/C15H19BrN4O/c1-5-17-14-13(21-4)15(19-8-18-14)20-12-9(2)6-11(16)7-10(12)3/h6-8H,5H2,1-4H3,(H2,17,18,19,20). The summed E-state index contributed by atoms with van der Waals surface area (Å²) in [6.45, 7) is 6.89. The normalized spacial score (nSPS) is 10.3. The molecular formula is C15H19BrN4O. The van der Waals surface area contributed by atoms with Gasteiger partial charge in [0.1, 0.15) is 6.33 Å². The van der Waals surface area contributed by atoms with Crippen LogP contribution in [0.3, 0.4) is 0 Å². The number of methoxy groups -OCH3 is 1. The van der Waals surface area contributed by atoms with Crippen LogP contribution in [0.2, 0.25) is 0 Å². The van der Waals surface area contributed by atoms with Crippen LogP contribution in [-0.2, 0) is 0 Å². The highest BCUT2D eigenvalue weighted by Crippen LogP contribution is 2.34. The Hall–Kier alpha value is -1.82. The van der Waals surface area contributed by atoms with Gasteiger partial charge in [0.05, 0.1) is 7.11 Å². The lowest BCUT2D eigenvalue weighted by Gasteiger charge is -2.16. The van der Waals surface area contributed by atoms with Crippen LogP contribution in [0.4, 0.5) is 17.3 Å². The molecule has 1 aromatic heterocycles. The first-order valence-electron chi connectivity index (χ1n) is 6.73. The molecular weight excluding hydrogens is 332 g/mol.